The molecule has 0 aliphatic rings. The van der Waals surface area contributed by atoms with E-state index < -0.39 is 0 Å². The van der Waals surface area contributed by atoms with Gasteiger partial charge in [0.2, 0.25) is 5.91 Å². The minimum atomic E-state index is -0.0116. The summed E-state index contributed by atoms with van der Waals surface area (Å²) in [6.45, 7) is 2.79. The monoisotopic (exact) mass is 282 g/mol. The van der Waals surface area contributed by atoms with Crippen LogP contribution in [0, 0.1) is 6.92 Å². The molecule has 0 radical (unpaired) electrons. The van der Waals surface area contributed by atoms with Crippen molar-refractivity contribution in [1.82, 2.24) is 19.4 Å². The molecule has 3 aromatic rings. The Morgan fingerprint density at radius 2 is 2.14 bits per heavy atom. The van der Waals surface area contributed by atoms with Gasteiger partial charge in [0, 0.05) is 30.7 Å². The third kappa shape index (κ3) is 2.67. The fourth-order valence-electron chi connectivity index (χ4n) is 2.50. The summed E-state index contributed by atoms with van der Waals surface area (Å²) in [5.41, 5.74) is 2.17. The molecule has 0 bridgehead atoms. The number of para-hydroxylation sites is 1. The zero-order chi connectivity index (χ0) is 14.8. The lowest BCUT2D eigenvalue weighted by Crippen LogP contribution is -2.28. The number of hydrogen-bond acceptors (Lipinski definition) is 2. The van der Waals surface area contributed by atoms with Gasteiger partial charge in [0.05, 0.1) is 6.54 Å². The van der Waals surface area contributed by atoms with Crippen LogP contribution in [0.1, 0.15) is 11.5 Å². The van der Waals surface area contributed by atoms with Gasteiger partial charge in [-0.15, -0.1) is 0 Å². The largest absolute Gasteiger partial charge is 0.347 e. The molecule has 0 saturated heterocycles. The van der Waals surface area contributed by atoms with Gasteiger partial charge >= 0.3 is 0 Å². The van der Waals surface area contributed by atoms with Gasteiger partial charge in [-0.3, -0.25) is 4.79 Å². The maximum Gasteiger partial charge on any atom is 0.240 e. The molecule has 0 aliphatic heterocycles. The Hall–Kier alpha value is -2.56. The van der Waals surface area contributed by atoms with Crippen molar-refractivity contribution in [3.63, 3.8) is 0 Å². The van der Waals surface area contributed by atoms with Crippen molar-refractivity contribution in [2.24, 2.45) is 7.05 Å². The first kappa shape index (κ1) is 13.4. The number of benzene rings is 1. The van der Waals surface area contributed by atoms with E-state index in [4.69, 9.17) is 0 Å². The first-order chi connectivity index (χ1) is 10.1. The van der Waals surface area contributed by atoms with Crippen LogP contribution in [0.4, 0.5) is 0 Å². The zero-order valence-corrected chi connectivity index (χ0v) is 12.2. The summed E-state index contributed by atoms with van der Waals surface area (Å²) < 4.78 is 3.93. The first-order valence-corrected chi connectivity index (χ1v) is 6.93. The van der Waals surface area contributed by atoms with E-state index in [0.717, 1.165) is 22.4 Å². The van der Waals surface area contributed by atoms with E-state index in [1.54, 1.807) is 6.20 Å². The third-order valence-electron chi connectivity index (χ3n) is 3.68. The summed E-state index contributed by atoms with van der Waals surface area (Å²) in [6, 6.07) is 10.2. The van der Waals surface area contributed by atoms with Crippen molar-refractivity contribution in [2.45, 2.75) is 20.0 Å². The highest BCUT2D eigenvalue weighted by atomic mass is 16.1. The fourth-order valence-corrected chi connectivity index (χ4v) is 2.50. The average molecular weight is 282 g/mol. The molecule has 2 heterocycles. The summed E-state index contributed by atoms with van der Waals surface area (Å²) in [7, 11) is 1.91. The van der Waals surface area contributed by atoms with Crippen LogP contribution in [0.3, 0.4) is 0 Å². The second-order valence-corrected chi connectivity index (χ2v) is 5.16. The summed E-state index contributed by atoms with van der Waals surface area (Å²) >= 11 is 0. The minimum Gasteiger partial charge on any atom is -0.347 e. The number of aromatic nitrogens is 3. The van der Waals surface area contributed by atoms with Gasteiger partial charge in [0.25, 0.3) is 0 Å². The van der Waals surface area contributed by atoms with Gasteiger partial charge in [-0.05, 0) is 24.4 Å². The van der Waals surface area contributed by atoms with E-state index in [9.17, 15) is 4.79 Å². The van der Waals surface area contributed by atoms with Gasteiger partial charge < -0.3 is 14.5 Å². The predicted molar refractivity (Wildman–Crippen MR) is 81.7 cm³/mol. The van der Waals surface area contributed by atoms with E-state index in [2.05, 4.69) is 22.4 Å². The third-order valence-corrected chi connectivity index (χ3v) is 3.68. The zero-order valence-electron chi connectivity index (χ0n) is 12.2. The van der Waals surface area contributed by atoms with E-state index >= 15 is 0 Å². The van der Waals surface area contributed by atoms with Crippen molar-refractivity contribution in [3.05, 3.63) is 54.2 Å². The molecule has 0 spiro atoms. The van der Waals surface area contributed by atoms with Crippen LogP contribution in [0.25, 0.3) is 10.9 Å². The van der Waals surface area contributed by atoms with Crippen LogP contribution in [0.2, 0.25) is 0 Å². The van der Waals surface area contributed by atoms with Crippen molar-refractivity contribution in [3.8, 4) is 0 Å². The maximum atomic E-state index is 12.1. The highest BCUT2D eigenvalue weighted by Gasteiger charge is 2.09. The number of fused-ring (bicyclic) bond motifs is 1. The molecule has 0 saturated carbocycles. The Morgan fingerprint density at radius 1 is 1.33 bits per heavy atom. The number of carbonyl (C=O) groups is 1. The van der Waals surface area contributed by atoms with Crippen molar-refractivity contribution < 1.29 is 4.79 Å². The number of carbonyl (C=O) groups excluding carboxylic acids is 1. The number of nitrogens with one attached hydrogen (secondary N) is 1. The SMILES string of the molecule is Cc1cc2ccccc2n1CC(=O)NCc1nccn1C. The van der Waals surface area contributed by atoms with Gasteiger partial charge in [0.1, 0.15) is 12.4 Å². The molecule has 0 atom stereocenters. The second-order valence-electron chi connectivity index (χ2n) is 5.16. The van der Waals surface area contributed by atoms with Crippen molar-refractivity contribution in [1.29, 1.82) is 0 Å². The second kappa shape index (κ2) is 5.44. The lowest BCUT2D eigenvalue weighted by atomic mass is 10.2. The summed E-state index contributed by atoms with van der Waals surface area (Å²) in [5.74, 6) is 0.833. The number of imidazole rings is 1. The van der Waals surface area contributed by atoms with E-state index in [-0.39, 0.29) is 5.91 Å². The average Bonchev–Trinajstić information content (AvgIpc) is 3.01. The Labute approximate surface area is 123 Å². The van der Waals surface area contributed by atoms with Crippen LogP contribution < -0.4 is 5.32 Å². The topological polar surface area (TPSA) is 51.9 Å². The molecule has 5 nitrogen and oxygen atoms in total. The van der Waals surface area contributed by atoms with Crippen LogP contribution in [-0.4, -0.2) is 20.0 Å². The molecule has 0 unspecified atom stereocenters. The molecule has 21 heavy (non-hydrogen) atoms. The molecule has 0 fully saturated rings. The molecule has 5 heteroatoms. The standard InChI is InChI=1S/C16H18N4O/c1-12-9-13-5-3-4-6-14(13)20(12)11-16(21)18-10-15-17-7-8-19(15)2/h3-9H,10-11H2,1-2H3,(H,18,21). The van der Waals surface area contributed by atoms with Gasteiger partial charge in [-0.25, -0.2) is 4.98 Å². The van der Waals surface area contributed by atoms with E-state index in [1.807, 2.05) is 47.5 Å². The molecule has 1 N–H and O–H groups in total. The molecule has 1 aromatic carbocycles. The summed E-state index contributed by atoms with van der Waals surface area (Å²) in [5, 5.41) is 4.07. The molecule has 3 rings (SSSR count). The van der Waals surface area contributed by atoms with Gasteiger partial charge in [0.15, 0.2) is 0 Å². The van der Waals surface area contributed by atoms with E-state index in [0.29, 0.717) is 13.1 Å². The van der Waals surface area contributed by atoms with Gasteiger partial charge in [-0.1, -0.05) is 18.2 Å². The van der Waals surface area contributed by atoms with Crippen LogP contribution in [-0.2, 0) is 24.9 Å². The van der Waals surface area contributed by atoms with Crippen LogP contribution in [0.15, 0.2) is 42.7 Å². The number of hydrogen-bond donors (Lipinski definition) is 1. The highest BCUT2D eigenvalue weighted by molar-refractivity contribution is 5.84. The van der Waals surface area contributed by atoms with E-state index in [1.165, 1.54) is 0 Å². The molecule has 0 aliphatic carbocycles. The quantitative estimate of drug-likeness (QED) is 0.795. The van der Waals surface area contributed by atoms with Crippen molar-refractivity contribution in [2.75, 3.05) is 0 Å². The first-order valence-electron chi connectivity index (χ1n) is 6.93. The highest BCUT2D eigenvalue weighted by Crippen LogP contribution is 2.18. The lowest BCUT2D eigenvalue weighted by molar-refractivity contribution is -0.121. The Kier molecular flexibility index (Phi) is 3.48. The van der Waals surface area contributed by atoms with Gasteiger partial charge in [-0.2, -0.15) is 0 Å². The number of nitrogens with zero attached hydrogens (tertiary/aromatic N) is 3. The minimum absolute atomic E-state index is 0.0116. The Balaban J connectivity index is 1.72. The smallest absolute Gasteiger partial charge is 0.240 e. The lowest BCUT2D eigenvalue weighted by Gasteiger charge is -2.09. The van der Waals surface area contributed by atoms with Crippen LogP contribution in [0.5, 0.6) is 0 Å². The Bertz CT molecular complexity index is 785. The summed E-state index contributed by atoms with van der Waals surface area (Å²) in [6.07, 6.45) is 3.59. The molecule has 2 aromatic heterocycles. The maximum absolute atomic E-state index is 12.1. The molecule has 108 valence electrons. The van der Waals surface area contributed by atoms with Crippen LogP contribution >= 0.6 is 0 Å². The molecule has 1 amide bonds. The number of amides is 1. The van der Waals surface area contributed by atoms with Crippen molar-refractivity contribution >= 4 is 16.8 Å². The number of aryl methyl sites for hydroxylation is 2. The normalized spacial score (nSPS) is 11.0. The predicted octanol–water partition coefficient (Wildman–Crippen LogP) is 2.00. The Morgan fingerprint density at radius 3 is 2.90 bits per heavy atom. The molecular formula is C16H18N4O. The fraction of sp³-hybridized carbons (Fsp3) is 0.250. The number of rotatable bonds is 4. The molecular weight excluding hydrogens is 264 g/mol. The summed E-state index contributed by atoms with van der Waals surface area (Å²) in [4.78, 5) is 16.3.